The van der Waals surface area contributed by atoms with Crippen molar-refractivity contribution in [2.24, 2.45) is 0 Å². The lowest BCUT2D eigenvalue weighted by atomic mass is 10.3. The average Bonchev–Trinajstić information content (AvgIpc) is 2.62. The van der Waals surface area contributed by atoms with E-state index in [1.807, 2.05) is 24.3 Å². The van der Waals surface area contributed by atoms with Gasteiger partial charge >= 0.3 is 0 Å². The Balaban J connectivity index is 2.50. The molecule has 0 amide bonds. The monoisotopic (exact) mass is 358 g/mol. The van der Waals surface area contributed by atoms with Crippen LogP contribution in [-0.2, 0) is 0 Å². The van der Waals surface area contributed by atoms with Crippen molar-refractivity contribution in [3.8, 4) is 35.2 Å². The number of nitrogens with zero attached hydrogens (tertiary/aromatic N) is 2. The van der Waals surface area contributed by atoms with Crippen molar-refractivity contribution >= 4 is 0 Å². The zero-order valence-corrected chi connectivity index (χ0v) is 17.3. The summed E-state index contributed by atoms with van der Waals surface area (Å²) < 4.78 is 13.3. The third kappa shape index (κ3) is 8.81. The highest BCUT2D eigenvalue weighted by Crippen LogP contribution is 2.26. The second kappa shape index (κ2) is 10.8. The SMILES string of the molecule is CC[N+](C)(C)CC#CCOc1ccccc1OCC#CC[N+](C)(C)CC. The number of benzene rings is 1. The number of quaternary nitrogens is 2. The van der Waals surface area contributed by atoms with Gasteiger partial charge in [-0.25, -0.2) is 0 Å². The molecular weight excluding hydrogens is 324 g/mol. The van der Waals surface area contributed by atoms with Crippen LogP contribution in [0, 0.1) is 23.7 Å². The van der Waals surface area contributed by atoms with Crippen LogP contribution in [0.2, 0.25) is 0 Å². The van der Waals surface area contributed by atoms with Crippen LogP contribution in [0.4, 0.5) is 0 Å². The summed E-state index contributed by atoms with van der Waals surface area (Å²) in [5, 5.41) is 0. The molecule has 0 bridgehead atoms. The predicted molar refractivity (Wildman–Crippen MR) is 108 cm³/mol. The first kappa shape index (κ1) is 21.9. The molecule has 4 heteroatoms. The second-order valence-corrected chi connectivity index (χ2v) is 7.55. The quantitative estimate of drug-likeness (QED) is 0.525. The number of hydrogen-bond acceptors (Lipinski definition) is 2. The van der Waals surface area contributed by atoms with E-state index < -0.39 is 0 Å². The van der Waals surface area contributed by atoms with Gasteiger partial charge in [0.25, 0.3) is 0 Å². The van der Waals surface area contributed by atoms with Crippen molar-refractivity contribution < 1.29 is 18.4 Å². The molecule has 0 aliphatic rings. The summed E-state index contributed by atoms with van der Waals surface area (Å²) in [5.74, 6) is 13.9. The van der Waals surface area contributed by atoms with Gasteiger partial charge in [0.05, 0.1) is 41.3 Å². The smallest absolute Gasteiger partial charge is 0.162 e. The predicted octanol–water partition coefficient (Wildman–Crippen LogP) is 2.64. The Labute approximate surface area is 159 Å². The van der Waals surface area contributed by atoms with Crippen molar-refractivity contribution in [1.29, 1.82) is 0 Å². The summed E-state index contributed by atoms with van der Waals surface area (Å²) in [7, 11) is 8.67. The van der Waals surface area contributed by atoms with Gasteiger partial charge in [0.1, 0.15) is 26.3 Å². The first-order valence-corrected chi connectivity index (χ1v) is 9.20. The van der Waals surface area contributed by atoms with E-state index in [0.29, 0.717) is 24.7 Å². The van der Waals surface area contributed by atoms with Gasteiger partial charge in [-0.05, 0) is 37.8 Å². The topological polar surface area (TPSA) is 18.5 Å². The lowest BCUT2D eigenvalue weighted by Gasteiger charge is -2.25. The molecule has 1 aromatic rings. The van der Waals surface area contributed by atoms with Gasteiger partial charge in [0.2, 0.25) is 0 Å². The summed E-state index contributed by atoms with van der Waals surface area (Å²) in [6, 6.07) is 7.65. The fourth-order valence-corrected chi connectivity index (χ4v) is 1.78. The first-order valence-electron chi connectivity index (χ1n) is 9.20. The third-order valence-corrected chi connectivity index (χ3v) is 4.43. The zero-order valence-electron chi connectivity index (χ0n) is 17.3. The Kier molecular flexibility index (Phi) is 9.07. The molecule has 0 aliphatic carbocycles. The largest absolute Gasteiger partial charge is 0.477 e. The fourth-order valence-electron chi connectivity index (χ4n) is 1.78. The number of para-hydroxylation sites is 2. The lowest BCUT2D eigenvalue weighted by molar-refractivity contribution is -0.881. The molecule has 0 spiro atoms. The summed E-state index contributed by atoms with van der Waals surface area (Å²) in [4.78, 5) is 0. The van der Waals surface area contributed by atoms with Gasteiger partial charge in [0, 0.05) is 0 Å². The zero-order chi connectivity index (χ0) is 19.5. The minimum Gasteiger partial charge on any atom is -0.477 e. The standard InChI is InChI=1S/C22H34N2O2/c1-7-23(3,4)17-11-13-19-25-21-15-9-10-16-22(21)26-20-14-12-18-24(5,6)8-2/h9-10,15-16H,7-8,17-20H2,1-6H3/q+2. The fraction of sp³-hybridized carbons (Fsp3) is 0.545. The van der Waals surface area contributed by atoms with Gasteiger partial charge in [-0.1, -0.05) is 24.0 Å². The molecule has 0 saturated heterocycles. The summed E-state index contributed by atoms with van der Waals surface area (Å²) in [5.41, 5.74) is 0. The van der Waals surface area contributed by atoms with E-state index in [-0.39, 0.29) is 0 Å². The molecule has 0 fully saturated rings. The van der Waals surface area contributed by atoms with Crippen molar-refractivity contribution in [3.63, 3.8) is 0 Å². The van der Waals surface area contributed by atoms with Crippen LogP contribution in [0.15, 0.2) is 24.3 Å². The van der Waals surface area contributed by atoms with E-state index in [9.17, 15) is 0 Å². The minimum absolute atomic E-state index is 0.359. The van der Waals surface area contributed by atoms with Crippen molar-refractivity contribution in [2.45, 2.75) is 13.8 Å². The van der Waals surface area contributed by atoms with Gasteiger partial charge in [-0.15, -0.1) is 0 Å². The van der Waals surface area contributed by atoms with Crippen LogP contribution in [0.1, 0.15) is 13.8 Å². The van der Waals surface area contributed by atoms with Gasteiger partial charge in [-0.3, -0.25) is 0 Å². The third-order valence-electron chi connectivity index (χ3n) is 4.43. The molecule has 0 aliphatic heterocycles. The Bertz CT molecular complexity index is 614. The molecule has 0 atom stereocenters. The van der Waals surface area contributed by atoms with E-state index in [4.69, 9.17) is 9.47 Å². The Morgan fingerprint density at radius 1 is 0.692 bits per heavy atom. The van der Waals surface area contributed by atoms with E-state index in [2.05, 4.69) is 65.7 Å². The van der Waals surface area contributed by atoms with Crippen LogP contribution in [0.5, 0.6) is 11.5 Å². The average molecular weight is 359 g/mol. The van der Waals surface area contributed by atoms with Crippen molar-refractivity contribution in [1.82, 2.24) is 0 Å². The molecule has 0 heterocycles. The second-order valence-electron chi connectivity index (χ2n) is 7.55. The van der Waals surface area contributed by atoms with E-state index >= 15 is 0 Å². The minimum atomic E-state index is 0.359. The molecule has 26 heavy (non-hydrogen) atoms. The van der Waals surface area contributed by atoms with Crippen LogP contribution in [-0.4, -0.2) is 76.5 Å². The molecule has 1 rings (SSSR count). The number of hydrogen-bond donors (Lipinski definition) is 0. The van der Waals surface area contributed by atoms with Gasteiger partial charge in [-0.2, -0.15) is 0 Å². The van der Waals surface area contributed by atoms with Gasteiger partial charge < -0.3 is 18.4 Å². The first-order chi connectivity index (χ1) is 12.3. The van der Waals surface area contributed by atoms with Crippen molar-refractivity contribution in [3.05, 3.63) is 24.3 Å². The highest BCUT2D eigenvalue weighted by Gasteiger charge is 2.09. The van der Waals surface area contributed by atoms with Crippen LogP contribution in [0.25, 0.3) is 0 Å². The maximum Gasteiger partial charge on any atom is 0.162 e. The molecule has 0 radical (unpaired) electrons. The molecule has 0 N–H and O–H groups in total. The van der Waals surface area contributed by atoms with E-state index in [1.54, 1.807) is 0 Å². The molecular formula is C22H34N2O2+2. The van der Waals surface area contributed by atoms with E-state index in [0.717, 1.165) is 35.1 Å². The molecule has 0 aromatic heterocycles. The molecule has 142 valence electrons. The Morgan fingerprint density at radius 2 is 1.08 bits per heavy atom. The van der Waals surface area contributed by atoms with Crippen molar-refractivity contribution in [2.75, 3.05) is 67.6 Å². The Morgan fingerprint density at radius 3 is 1.42 bits per heavy atom. The molecule has 0 saturated carbocycles. The highest BCUT2D eigenvalue weighted by molar-refractivity contribution is 5.40. The van der Waals surface area contributed by atoms with Crippen LogP contribution >= 0.6 is 0 Å². The normalized spacial score (nSPS) is 11.0. The Hall–Kier alpha value is -2.14. The summed E-state index contributed by atoms with van der Waals surface area (Å²) in [6.45, 7) is 8.80. The molecule has 1 aromatic carbocycles. The maximum atomic E-state index is 5.76. The van der Waals surface area contributed by atoms with Gasteiger partial charge in [0.15, 0.2) is 11.5 Å². The molecule has 4 nitrogen and oxygen atoms in total. The van der Waals surface area contributed by atoms with Crippen LogP contribution in [0.3, 0.4) is 0 Å². The number of rotatable bonds is 8. The molecule has 0 unspecified atom stereocenters. The lowest BCUT2D eigenvalue weighted by Crippen LogP contribution is -2.39. The van der Waals surface area contributed by atoms with E-state index in [1.165, 1.54) is 0 Å². The summed E-state index contributed by atoms with van der Waals surface area (Å²) >= 11 is 0. The van der Waals surface area contributed by atoms with Crippen LogP contribution < -0.4 is 9.47 Å². The number of ether oxygens (including phenoxy) is 2. The highest BCUT2D eigenvalue weighted by atomic mass is 16.5. The maximum absolute atomic E-state index is 5.76. The summed E-state index contributed by atoms with van der Waals surface area (Å²) in [6.07, 6.45) is 0.